The second-order valence-corrected chi connectivity index (χ2v) is 7.68. The highest BCUT2D eigenvalue weighted by molar-refractivity contribution is 7.99. The van der Waals surface area contributed by atoms with Gasteiger partial charge in [-0.3, -0.25) is 4.79 Å². The van der Waals surface area contributed by atoms with Gasteiger partial charge in [-0.15, -0.1) is 0 Å². The first-order valence-electron chi connectivity index (χ1n) is 8.90. The summed E-state index contributed by atoms with van der Waals surface area (Å²) in [4.78, 5) is 15.0. The Labute approximate surface area is 153 Å². The normalized spacial score (nSPS) is 19.3. The number of nitrogens with zero attached hydrogens (tertiary/aromatic N) is 1. The van der Waals surface area contributed by atoms with Crippen LogP contribution in [0.4, 0.5) is 4.39 Å². The van der Waals surface area contributed by atoms with E-state index in [1.54, 1.807) is 17.8 Å². The third-order valence-corrected chi connectivity index (χ3v) is 6.12. The summed E-state index contributed by atoms with van der Waals surface area (Å²) in [6.45, 7) is 3.48. The predicted octanol–water partition coefficient (Wildman–Crippen LogP) is 5.03. The van der Waals surface area contributed by atoms with E-state index in [0.29, 0.717) is 6.54 Å². The maximum absolute atomic E-state index is 14.1. The summed E-state index contributed by atoms with van der Waals surface area (Å²) >= 11 is 1.75. The Morgan fingerprint density at radius 2 is 1.88 bits per heavy atom. The van der Waals surface area contributed by atoms with E-state index in [1.807, 2.05) is 47.4 Å². The van der Waals surface area contributed by atoms with Crippen molar-refractivity contribution >= 4 is 17.7 Å². The van der Waals surface area contributed by atoms with E-state index in [-0.39, 0.29) is 22.9 Å². The van der Waals surface area contributed by atoms with Gasteiger partial charge in [-0.1, -0.05) is 55.5 Å². The molecule has 1 fully saturated rings. The minimum atomic E-state index is -0.143. The molecule has 2 unspecified atom stereocenters. The van der Waals surface area contributed by atoms with Crippen molar-refractivity contribution in [3.05, 3.63) is 71.5 Å². The van der Waals surface area contributed by atoms with Crippen LogP contribution in [0.2, 0.25) is 0 Å². The molecule has 1 saturated heterocycles. The van der Waals surface area contributed by atoms with E-state index < -0.39 is 0 Å². The number of carbonyl (C=O) groups excluding carboxylic acids is 1. The zero-order valence-electron chi connectivity index (χ0n) is 14.5. The monoisotopic (exact) mass is 357 g/mol. The molecule has 1 aliphatic rings. The van der Waals surface area contributed by atoms with E-state index in [1.165, 1.54) is 6.07 Å². The summed E-state index contributed by atoms with van der Waals surface area (Å²) in [6, 6.07) is 17.0. The van der Waals surface area contributed by atoms with Crippen molar-refractivity contribution in [1.29, 1.82) is 0 Å². The number of rotatable bonds is 4. The van der Waals surface area contributed by atoms with E-state index >= 15 is 0 Å². The van der Waals surface area contributed by atoms with Gasteiger partial charge in [0.1, 0.15) is 5.82 Å². The first-order valence-corrected chi connectivity index (χ1v) is 9.95. The molecule has 2 atom stereocenters. The van der Waals surface area contributed by atoms with Crippen molar-refractivity contribution in [2.24, 2.45) is 0 Å². The Morgan fingerprint density at radius 1 is 1.16 bits per heavy atom. The van der Waals surface area contributed by atoms with Crippen LogP contribution in [0, 0.1) is 5.82 Å². The van der Waals surface area contributed by atoms with E-state index in [9.17, 15) is 9.18 Å². The standard InChI is InChI=1S/C21H24FNOS/c1-2-17(16-8-4-3-5-9-16)21(24)23-13-12-20(25-15-14-23)18-10-6-7-11-19(18)22/h3-11,17,20H,2,12-15H2,1H3. The minimum Gasteiger partial charge on any atom is -0.341 e. The summed E-state index contributed by atoms with van der Waals surface area (Å²) in [5.74, 6) is 0.811. The molecule has 0 saturated carbocycles. The van der Waals surface area contributed by atoms with Gasteiger partial charge in [0.15, 0.2) is 0 Å². The van der Waals surface area contributed by atoms with Gasteiger partial charge in [0.25, 0.3) is 0 Å². The molecular formula is C21H24FNOS. The van der Waals surface area contributed by atoms with Gasteiger partial charge in [-0.2, -0.15) is 11.8 Å². The molecule has 0 bridgehead atoms. The van der Waals surface area contributed by atoms with Crippen molar-refractivity contribution in [2.45, 2.75) is 30.9 Å². The van der Waals surface area contributed by atoms with Gasteiger partial charge in [-0.05, 0) is 24.5 Å². The lowest BCUT2D eigenvalue weighted by molar-refractivity contribution is -0.132. The maximum Gasteiger partial charge on any atom is 0.230 e. The highest BCUT2D eigenvalue weighted by atomic mass is 32.2. The quantitative estimate of drug-likeness (QED) is 0.765. The minimum absolute atomic E-state index is 0.0868. The van der Waals surface area contributed by atoms with Gasteiger partial charge in [0.2, 0.25) is 5.91 Å². The average molecular weight is 357 g/mol. The lowest BCUT2D eigenvalue weighted by atomic mass is 9.95. The molecule has 3 rings (SSSR count). The molecular weight excluding hydrogens is 333 g/mol. The average Bonchev–Trinajstić information content (AvgIpc) is 2.90. The zero-order chi connectivity index (χ0) is 17.6. The van der Waals surface area contributed by atoms with Gasteiger partial charge >= 0.3 is 0 Å². The molecule has 2 aromatic carbocycles. The molecule has 0 spiro atoms. The summed E-state index contributed by atoms with van der Waals surface area (Å²) in [7, 11) is 0. The lowest BCUT2D eigenvalue weighted by Gasteiger charge is -2.25. The number of carbonyl (C=O) groups is 1. The van der Waals surface area contributed by atoms with Crippen LogP contribution in [0.5, 0.6) is 0 Å². The molecule has 0 aromatic heterocycles. The smallest absolute Gasteiger partial charge is 0.230 e. The molecule has 25 heavy (non-hydrogen) atoms. The zero-order valence-corrected chi connectivity index (χ0v) is 15.3. The van der Waals surface area contributed by atoms with Crippen LogP contribution < -0.4 is 0 Å². The van der Waals surface area contributed by atoms with Crippen LogP contribution in [0.1, 0.15) is 42.1 Å². The SMILES string of the molecule is CCC(C(=O)N1CCSC(c2ccccc2F)CC1)c1ccccc1. The van der Waals surface area contributed by atoms with Gasteiger partial charge in [0, 0.05) is 29.7 Å². The van der Waals surface area contributed by atoms with Crippen molar-refractivity contribution in [3.63, 3.8) is 0 Å². The molecule has 132 valence electrons. The molecule has 0 radical (unpaired) electrons. The molecule has 2 aromatic rings. The second kappa shape index (κ2) is 8.52. The molecule has 4 heteroatoms. The Hall–Kier alpha value is -1.81. The van der Waals surface area contributed by atoms with Crippen LogP contribution in [-0.4, -0.2) is 29.6 Å². The largest absolute Gasteiger partial charge is 0.341 e. The van der Waals surface area contributed by atoms with Crippen molar-refractivity contribution in [1.82, 2.24) is 4.90 Å². The summed E-state index contributed by atoms with van der Waals surface area (Å²) in [5, 5.41) is 0.121. The van der Waals surface area contributed by atoms with Crippen LogP contribution >= 0.6 is 11.8 Å². The topological polar surface area (TPSA) is 20.3 Å². The number of thioether (sulfide) groups is 1. The van der Waals surface area contributed by atoms with Gasteiger partial charge < -0.3 is 4.90 Å². The third kappa shape index (κ3) is 4.24. The highest BCUT2D eigenvalue weighted by Gasteiger charge is 2.28. The summed E-state index contributed by atoms with van der Waals surface area (Å²) in [6.07, 6.45) is 1.59. The molecule has 2 nitrogen and oxygen atoms in total. The number of halogens is 1. The van der Waals surface area contributed by atoms with Crippen LogP contribution in [-0.2, 0) is 4.79 Å². The fourth-order valence-electron chi connectivity index (χ4n) is 3.43. The summed E-state index contributed by atoms with van der Waals surface area (Å²) < 4.78 is 14.1. The molecule has 1 amide bonds. The Bertz CT molecular complexity index is 706. The van der Waals surface area contributed by atoms with Gasteiger partial charge in [-0.25, -0.2) is 4.39 Å². The maximum atomic E-state index is 14.1. The first kappa shape index (κ1) is 18.0. The Kier molecular flexibility index (Phi) is 6.14. The van der Waals surface area contributed by atoms with Crippen LogP contribution in [0.25, 0.3) is 0 Å². The van der Waals surface area contributed by atoms with E-state index in [0.717, 1.165) is 36.3 Å². The fraction of sp³-hybridized carbons (Fsp3) is 0.381. The van der Waals surface area contributed by atoms with Crippen LogP contribution in [0.15, 0.2) is 54.6 Å². The van der Waals surface area contributed by atoms with Crippen LogP contribution in [0.3, 0.4) is 0 Å². The Morgan fingerprint density at radius 3 is 2.60 bits per heavy atom. The number of benzene rings is 2. The molecule has 0 N–H and O–H groups in total. The Balaban J connectivity index is 1.70. The highest BCUT2D eigenvalue weighted by Crippen LogP contribution is 2.36. The third-order valence-electron chi connectivity index (χ3n) is 4.81. The second-order valence-electron chi connectivity index (χ2n) is 6.37. The summed E-state index contributed by atoms with van der Waals surface area (Å²) in [5.41, 5.74) is 1.84. The molecule has 1 heterocycles. The molecule has 0 aliphatic carbocycles. The van der Waals surface area contributed by atoms with Gasteiger partial charge in [0.05, 0.1) is 5.92 Å². The van der Waals surface area contributed by atoms with E-state index in [2.05, 4.69) is 6.92 Å². The fourth-order valence-corrected chi connectivity index (χ4v) is 4.69. The number of amides is 1. The van der Waals surface area contributed by atoms with Crippen molar-refractivity contribution in [2.75, 3.05) is 18.8 Å². The predicted molar refractivity (Wildman–Crippen MR) is 102 cm³/mol. The number of hydrogen-bond acceptors (Lipinski definition) is 2. The van der Waals surface area contributed by atoms with Crippen molar-refractivity contribution < 1.29 is 9.18 Å². The molecule has 1 aliphatic heterocycles. The first-order chi connectivity index (χ1) is 12.2. The number of hydrogen-bond donors (Lipinski definition) is 0. The van der Waals surface area contributed by atoms with Crippen molar-refractivity contribution in [3.8, 4) is 0 Å². The van der Waals surface area contributed by atoms with E-state index in [4.69, 9.17) is 0 Å². The lowest BCUT2D eigenvalue weighted by Crippen LogP contribution is -2.36.